The van der Waals surface area contributed by atoms with Gasteiger partial charge in [-0.1, -0.05) is 12.1 Å². The van der Waals surface area contributed by atoms with Crippen LogP contribution < -0.4 is 0 Å². The zero-order valence-corrected chi connectivity index (χ0v) is 12.0. The molecule has 106 valence electrons. The van der Waals surface area contributed by atoms with Crippen LogP contribution in [-0.2, 0) is 6.54 Å². The van der Waals surface area contributed by atoms with Gasteiger partial charge in [0.1, 0.15) is 11.5 Å². The number of carbonyl (C=O) groups is 1. The first-order valence-corrected chi connectivity index (χ1v) is 6.79. The van der Waals surface area contributed by atoms with Gasteiger partial charge < -0.3 is 9.32 Å². The van der Waals surface area contributed by atoms with Crippen LogP contribution >= 0.6 is 0 Å². The maximum Gasteiger partial charge on any atom is 0.254 e. The number of fused-ring (bicyclic) bond motifs is 1. The van der Waals surface area contributed by atoms with Gasteiger partial charge in [0.2, 0.25) is 0 Å². The summed E-state index contributed by atoms with van der Waals surface area (Å²) in [7, 11) is 1.77. The summed E-state index contributed by atoms with van der Waals surface area (Å²) in [6.07, 6.45) is 1.73. The van der Waals surface area contributed by atoms with Crippen LogP contribution in [0.5, 0.6) is 0 Å². The molecule has 0 fully saturated rings. The van der Waals surface area contributed by atoms with Gasteiger partial charge in [-0.15, -0.1) is 0 Å². The van der Waals surface area contributed by atoms with Crippen molar-refractivity contribution in [1.29, 1.82) is 0 Å². The van der Waals surface area contributed by atoms with Gasteiger partial charge in [-0.05, 0) is 37.3 Å². The highest BCUT2D eigenvalue weighted by atomic mass is 16.3. The van der Waals surface area contributed by atoms with Crippen molar-refractivity contribution in [2.75, 3.05) is 7.05 Å². The van der Waals surface area contributed by atoms with E-state index < -0.39 is 0 Å². The number of hydrogen-bond donors (Lipinski definition) is 0. The molecule has 0 aliphatic heterocycles. The lowest BCUT2D eigenvalue weighted by molar-refractivity contribution is 0.0777. The number of furan rings is 1. The molecule has 3 rings (SSSR count). The first-order valence-electron chi connectivity index (χ1n) is 6.79. The molecule has 0 spiro atoms. The Morgan fingerprint density at radius 3 is 2.81 bits per heavy atom. The summed E-state index contributed by atoms with van der Waals surface area (Å²) >= 11 is 0. The average molecular weight is 280 g/mol. The molecule has 0 bridgehead atoms. The Balaban J connectivity index is 1.89. The Morgan fingerprint density at radius 1 is 1.19 bits per heavy atom. The first kappa shape index (κ1) is 13.4. The quantitative estimate of drug-likeness (QED) is 0.738. The summed E-state index contributed by atoms with van der Waals surface area (Å²) in [5.41, 5.74) is 1.48. The molecule has 1 amide bonds. The molecule has 0 aliphatic carbocycles. The second-order valence-corrected chi connectivity index (χ2v) is 5.05. The summed E-state index contributed by atoms with van der Waals surface area (Å²) in [6.45, 7) is 2.34. The molecule has 0 unspecified atom stereocenters. The van der Waals surface area contributed by atoms with Gasteiger partial charge in [-0.3, -0.25) is 9.78 Å². The number of rotatable bonds is 3. The van der Waals surface area contributed by atoms with E-state index in [1.165, 1.54) is 0 Å². The number of benzene rings is 1. The van der Waals surface area contributed by atoms with Crippen LogP contribution in [0.1, 0.15) is 21.9 Å². The number of aromatic nitrogens is 1. The summed E-state index contributed by atoms with van der Waals surface area (Å²) < 4.78 is 5.52. The average Bonchev–Trinajstić information content (AvgIpc) is 2.91. The molecule has 4 heteroatoms. The summed E-state index contributed by atoms with van der Waals surface area (Å²) in [4.78, 5) is 18.6. The van der Waals surface area contributed by atoms with Crippen molar-refractivity contribution in [1.82, 2.24) is 9.88 Å². The van der Waals surface area contributed by atoms with Crippen molar-refractivity contribution >= 4 is 16.8 Å². The minimum atomic E-state index is -0.0392. The van der Waals surface area contributed by atoms with E-state index in [4.69, 9.17) is 4.42 Å². The van der Waals surface area contributed by atoms with Crippen molar-refractivity contribution < 1.29 is 9.21 Å². The van der Waals surface area contributed by atoms with Gasteiger partial charge in [-0.25, -0.2) is 0 Å². The molecule has 0 saturated heterocycles. The van der Waals surface area contributed by atoms with E-state index in [1.54, 1.807) is 18.1 Å². The summed E-state index contributed by atoms with van der Waals surface area (Å²) in [5, 5.41) is 0.868. The lowest BCUT2D eigenvalue weighted by atomic mass is 10.1. The largest absolute Gasteiger partial charge is 0.464 e. The Bertz CT molecular complexity index is 787. The fourth-order valence-electron chi connectivity index (χ4n) is 2.37. The minimum Gasteiger partial charge on any atom is -0.464 e. The Kier molecular flexibility index (Phi) is 3.44. The zero-order valence-electron chi connectivity index (χ0n) is 12.0. The SMILES string of the molecule is Cc1ccc(CN(C)C(=O)c2cccc3ncccc23)o1. The topological polar surface area (TPSA) is 46.3 Å². The molecule has 0 saturated carbocycles. The first-order chi connectivity index (χ1) is 10.1. The second-order valence-electron chi connectivity index (χ2n) is 5.05. The zero-order chi connectivity index (χ0) is 14.8. The third-order valence-electron chi connectivity index (χ3n) is 3.41. The standard InChI is InChI=1S/C17H16N2O2/c1-12-8-9-13(21-12)11-19(2)17(20)15-5-3-7-16-14(15)6-4-10-18-16/h3-10H,11H2,1-2H3. The molecular formula is C17H16N2O2. The number of amides is 1. The lowest BCUT2D eigenvalue weighted by Crippen LogP contribution is -2.26. The highest BCUT2D eigenvalue weighted by Crippen LogP contribution is 2.19. The molecule has 0 aliphatic rings. The molecule has 0 N–H and O–H groups in total. The van der Waals surface area contributed by atoms with Gasteiger partial charge in [-0.2, -0.15) is 0 Å². The van der Waals surface area contributed by atoms with Crippen LogP contribution in [0.15, 0.2) is 53.1 Å². The fourth-order valence-corrected chi connectivity index (χ4v) is 2.37. The van der Waals surface area contributed by atoms with E-state index in [-0.39, 0.29) is 5.91 Å². The van der Waals surface area contributed by atoms with Crippen molar-refractivity contribution in [2.45, 2.75) is 13.5 Å². The number of nitrogens with zero attached hydrogens (tertiary/aromatic N) is 2. The maximum atomic E-state index is 12.6. The monoisotopic (exact) mass is 280 g/mol. The van der Waals surface area contributed by atoms with E-state index in [1.807, 2.05) is 49.4 Å². The Labute approximate surface area is 123 Å². The number of carbonyl (C=O) groups excluding carboxylic acids is 1. The molecule has 3 aromatic rings. The predicted octanol–water partition coefficient (Wildman–Crippen LogP) is 3.41. The lowest BCUT2D eigenvalue weighted by Gasteiger charge is -2.16. The van der Waals surface area contributed by atoms with Gasteiger partial charge in [0.05, 0.1) is 12.1 Å². The Hall–Kier alpha value is -2.62. The van der Waals surface area contributed by atoms with Crippen molar-refractivity contribution in [3.8, 4) is 0 Å². The second kappa shape index (κ2) is 5.40. The highest BCUT2D eigenvalue weighted by molar-refractivity contribution is 6.05. The van der Waals surface area contributed by atoms with Gasteiger partial charge >= 0.3 is 0 Å². The molecule has 2 aromatic heterocycles. The van der Waals surface area contributed by atoms with Crippen molar-refractivity contribution in [3.63, 3.8) is 0 Å². The Morgan fingerprint density at radius 2 is 2.05 bits per heavy atom. The smallest absolute Gasteiger partial charge is 0.254 e. The van der Waals surface area contributed by atoms with Crippen LogP contribution in [0.4, 0.5) is 0 Å². The third kappa shape index (κ3) is 2.65. The molecule has 4 nitrogen and oxygen atoms in total. The number of aryl methyl sites for hydroxylation is 1. The molecule has 2 heterocycles. The minimum absolute atomic E-state index is 0.0392. The maximum absolute atomic E-state index is 12.6. The molecule has 0 radical (unpaired) electrons. The van der Waals surface area contributed by atoms with Crippen LogP contribution in [0.2, 0.25) is 0 Å². The van der Waals surface area contributed by atoms with Crippen molar-refractivity contribution in [2.24, 2.45) is 0 Å². The normalized spacial score (nSPS) is 10.8. The van der Waals surface area contributed by atoms with Gasteiger partial charge in [0.25, 0.3) is 5.91 Å². The molecule has 0 atom stereocenters. The van der Waals surface area contributed by atoms with Gasteiger partial charge in [0.15, 0.2) is 0 Å². The molecule has 1 aromatic carbocycles. The highest BCUT2D eigenvalue weighted by Gasteiger charge is 2.16. The molecular weight excluding hydrogens is 264 g/mol. The van der Waals surface area contributed by atoms with Crippen LogP contribution in [-0.4, -0.2) is 22.8 Å². The van der Waals surface area contributed by atoms with Crippen LogP contribution in [0.25, 0.3) is 10.9 Å². The number of pyridine rings is 1. The van der Waals surface area contributed by atoms with Crippen molar-refractivity contribution in [3.05, 3.63) is 65.7 Å². The summed E-state index contributed by atoms with van der Waals surface area (Å²) in [6, 6.07) is 13.1. The van der Waals surface area contributed by atoms with E-state index in [0.29, 0.717) is 12.1 Å². The van der Waals surface area contributed by atoms with Crippen LogP contribution in [0.3, 0.4) is 0 Å². The van der Waals surface area contributed by atoms with E-state index >= 15 is 0 Å². The van der Waals surface area contributed by atoms with E-state index in [2.05, 4.69) is 4.98 Å². The summed E-state index contributed by atoms with van der Waals surface area (Å²) in [5.74, 6) is 1.59. The third-order valence-corrected chi connectivity index (χ3v) is 3.41. The molecule has 21 heavy (non-hydrogen) atoms. The van der Waals surface area contributed by atoms with Gasteiger partial charge in [0, 0.05) is 24.2 Å². The number of hydrogen-bond acceptors (Lipinski definition) is 3. The van der Waals surface area contributed by atoms with E-state index in [0.717, 1.165) is 22.4 Å². The fraction of sp³-hybridized carbons (Fsp3) is 0.176. The van der Waals surface area contributed by atoms with Crippen LogP contribution in [0, 0.1) is 6.92 Å². The van der Waals surface area contributed by atoms with E-state index in [9.17, 15) is 4.79 Å². The predicted molar refractivity (Wildman–Crippen MR) is 81.0 cm³/mol.